The van der Waals surface area contributed by atoms with Crippen molar-refractivity contribution in [3.05, 3.63) is 41.0 Å². The number of rotatable bonds is 7. The number of aromatic nitrogens is 2. The van der Waals surface area contributed by atoms with Crippen LogP contribution >= 0.6 is 34.4 Å². The number of carbonyl (C=O) groups is 2. The van der Waals surface area contributed by atoms with E-state index >= 15 is 0 Å². The monoisotopic (exact) mass is 438 g/mol. The summed E-state index contributed by atoms with van der Waals surface area (Å²) in [7, 11) is 0. The highest BCUT2D eigenvalue weighted by Gasteiger charge is 2.20. The number of nitrogens with two attached hydrogens (primary N) is 1. The fourth-order valence-electron chi connectivity index (χ4n) is 2.18. The Hall–Kier alpha value is -2.50. The fraction of sp³-hybridized carbons (Fsp3) is 0.176. The van der Waals surface area contributed by atoms with Crippen molar-refractivity contribution in [3.63, 3.8) is 0 Å². The molecule has 0 fully saturated rings. The number of thioether (sulfide) groups is 1. The van der Waals surface area contributed by atoms with Crippen molar-refractivity contribution in [3.8, 4) is 10.4 Å². The SMILES string of the molecule is CCOC(=O)c1sc(-c2ccc(F)cc2)cc1NC(=O)CSc1nnc(N)s1. The topological polar surface area (TPSA) is 107 Å². The highest BCUT2D eigenvalue weighted by molar-refractivity contribution is 8.01. The van der Waals surface area contributed by atoms with E-state index in [0.717, 1.165) is 5.56 Å². The predicted octanol–water partition coefficient (Wildman–Crippen LogP) is 3.90. The largest absolute Gasteiger partial charge is 0.462 e. The van der Waals surface area contributed by atoms with Gasteiger partial charge in [-0.2, -0.15) is 0 Å². The number of hydrogen-bond donors (Lipinski definition) is 2. The lowest BCUT2D eigenvalue weighted by molar-refractivity contribution is -0.113. The van der Waals surface area contributed by atoms with E-state index in [2.05, 4.69) is 15.5 Å². The van der Waals surface area contributed by atoms with Crippen LogP contribution in [0.1, 0.15) is 16.6 Å². The van der Waals surface area contributed by atoms with Gasteiger partial charge in [0.2, 0.25) is 11.0 Å². The Morgan fingerprint density at radius 1 is 1.25 bits per heavy atom. The van der Waals surface area contributed by atoms with Gasteiger partial charge in [-0.05, 0) is 30.7 Å². The minimum Gasteiger partial charge on any atom is -0.462 e. The van der Waals surface area contributed by atoms with Gasteiger partial charge < -0.3 is 15.8 Å². The summed E-state index contributed by atoms with van der Waals surface area (Å²) in [5, 5.41) is 10.6. The van der Waals surface area contributed by atoms with Gasteiger partial charge in [0.25, 0.3) is 0 Å². The summed E-state index contributed by atoms with van der Waals surface area (Å²) in [4.78, 5) is 25.6. The average molecular weight is 439 g/mol. The Morgan fingerprint density at radius 3 is 2.64 bits per heavy atom. The van der Waals surface area contributed by atoms with Crippen molar-refractivity contribution >= 4 is 57.1 Å². The Labute approximate surface area is 172 Å². The van der Waals surface area contributed by atoms with E-state index < -0.39 is 5.97 Å². The second-order valence-electron chi connectivity index (χ2n) is 5.32. The van der Waals surface area contributed by atoms with Crippen LogP contribution in [-0.4, -0.2) is 34.4 Å². The van der Waals surface area contributed by atoms with Gasteiger partial charge >= 0.3 is 5.97 Å². The highest BCUT2D eigenvalue weighted by Crippen LogP contribution is 2.35. The summed E-state index contributed by atoms with van der Waals surface area (Å²) in [5.74, 6) is -1.11. The summed E-state index contributed by atoms with van der Waals surface area (Å²) in [6, 6.07) is 7.56. The molecule has 0 saturated heterocycles. The average Bonchev–Trinajstić information content (AvgIpc) is 3.27. The van der Waals surface area contributed by atoms with Gasteiger partial charge in [-0.1, -0.05) is 35.2 Å². The summed E-state index contributed by atoms with van der Waals surface area (Å²) in [6.45, 7) is 1.92. The van der Waals surface area contributed by atoms with Gasteiger partial charge in [-0.15, -0.1) is 21.5 Å². The lowest BCUT2D eigenvalue weighted by Gasteiger charge is -2.05. The summed E-state index contributed by atoms with van der Waals surface area (Å²) < 4.78 is 18.8. The zero-order chi connectivity index (χ0) is 20.1. The molecule has 3 rings (SSSR count). The van der Waals surface area contributed by atoms with Crippen LogP contribution in [0, 0.1) is 5.82 Å². The Kier molecular flexibility index (Phi) is 6.60. The van der Waals surface area contributed by atoms with E-state index in [0.29, 0.717) is 20.0 Å². The molecule has 28 heavy (non-hydrogen) atoms. The number of hydrogen-bond acceptors (Lipinski definition) is 9. The number of nitrogens with one attached hydrogen (secondary N) is 1. The number of nitrogens with zero attached hydrogens (tertiary/aromatic N) is 2. The molecule has 11 heteroatoms. The van der Waals surface area contributed by atoms with Crippen LogP contribution in [0.5, 0.6) is 0 Å². The summed E-state index contributed by atoms with van der Waals surface area (Å²) in [5.41, 5.74) is 6.60. The van der Waals surface area contributed by atoms with Crippen molar-refractivity contribution in [2.75, 3.05) is 23.4 Å². The minimum absolute atomic E-state index is 0.0820. The lowest BCUT2D eigenvalue weighted by atomic mass is 10.2. The van der Waals surface area contributed by atoms with E-state index in [9.17, 15) is 14.0 Å². The quantitative estimate of drug-likeness (QED) is 0.425. The molecule has 0 spiro atoms. The van der Waals surface area contributed by atoms with Crippen molar-refractivity contribution in [1.29, 1.82) is 0 Å². The molecule has 0 saturated carbocycles. The smallest absolute Gasteiger partial charge is 0.350 e. The number of esters is 1. The standard InChI is InChI=1S/C17H15FN4O3S3/c1-2-25-15(24)14-11(7-12(27-14)9-3-5-10(18)6-4-9)20-13(23)8-26-17-22-21-16(19)28-17/h3-7H,2,8H2,1H3,(H2,19,21)(H,20,23). The zero-order valence-electron chi connectivity index (χ0n) is 14.6. The maximum Gasteiger partial charge on any atom is 0.350 e. The maximum absolute atomic E-state index is 13.2. The van der Waals surface area contributed by atoms with Gasteiger partial charge in [-0.3, -0.25) is 4.79 Å². The van der Waals surface area contributed by atoms with Crippen molar-refractivity contribution in [2.24, 2.45) is 0 Å². The Morgan fingerprint density at radius 2 is 2.00 bits per heavy atom. The molecule has 3 aromatic rings. The van der Waals surface area contributed by atoms with E-state index in [1.54, 1.807) is 25.1 Å². The number of halogens is 1. The second-order valence-corrected chi connectivity index (χ2v) is 8.61. The van der Waals surface area contributed by atoms with E-state index in [-0.39, 0.29) is 29.0 Å². The molecular formula is C17H15FN4O3S3. The number of carbonyl (C=O) groups excluding carboxylic acids is 2. The fourth-order valence-corrected chi connectivity index (χ4v) is 4.63. The summed E-state index contributed by atoms with van der Waals surface area (Å²) >= 11 is 3.56. The number of amides is 1. The molecule has 0 aliphatic heterocycles. The van der Waals surface area contributed by atoms with Crippen LogP contribution in [0.15, 0.2) is 34.7 Å². The molecule has 2 aromatic heterocycles. The Balaban J connectivity index is 1.78. The zero-order valence-corrected chi connectivity index (χ0v) is 17.0. The minimum atomic E-state index is -0.527. The number of benzene rings is 1. The third-order valence-corrected chi connectivity index (χ3v) is 6.39. The molecular weight excluding hydrogens is 423 g/mol. The molecule has 0 radical (unpaired) electrons. The van der Waals surface area contributed by atoms with Crippen LogP contribution in [0.25, 0.3) is 10.4 Å². The molecule has 0 aliphatic carbocycles. The van der Waals surface area contributed by atoms with E-state index in [1.807, 2.05) is 0 Å². The van der Waals surface area contributed by atoms with Crippen LogP contribution in [0.4, 0.5) is 15.2 Å². The van der Waals surface area contributed by atoms with Crippen molar-refractivity contribution < 1.29 is 18.7 Å². The van der Waals surface area contributed by atoms with Crippen molar-refractivity contribution in [1.82, 2.24) is 10.2 Å². The number of thiophene rings is 1. The second kappa shape index (κ2) is 9.13. The molecule has 2 heterocycles. The first-order valence-corrected chi connectivity index (χ1v) is 10.7. The molecule has 1 aromatic carbocycles. The van der Waals surface area contributed by atoms with Crippen molar-refractivity contribution in [2.45, 2.75) is 11.3 Å². The van der Waals surface area contributed by atoms with Gasteiger partial charge in [-0.25, -0.2) is 9.18 Å². The first-order chi connectivity index (χ1) is 13.5. The van der Waals surface area contributed by atoms with Gasteiger partial charge in [0.05, 0.1) is 18.0 Å². The number of anilines is 2. The molecule has 0 aliphatic rings. The molecule has 7 nitrogen and oxygen atoms in total. The molecule has 1 amide bonds. The summed E-state index contributed by atoms with van der Waals surface area (Å²) in [6.07, 6.45) is 0. The highest BCUT2D eigenvalue weighted by atomic mass is 32.2. The van der Waals surface area contributed by atoms with E-state index in [1.165, 1.54) is 46.6 Å². The lowest BCUT2D eigenvalue weighted by Crippen LogP contribution is -2.16. The predicted molar refractivity (Wildman–Crippen MR) is 109 cm³/mol. The van der Waals surface area contributed by atoms with Crippen LogP contribution in [0.2, 0.25) is 0 Å². The first kappa shape index (κ1) is 20.2. The van der Waals surface area contributed by atoms with Crippen LogP contribution in [0.3, 0.4) is 0 Å². The van der Waals surface area contributed by atoms with Gasteiger partial charge in [0.1, 0.15) is 10.7 Å². The number of nitrogen functional groups attached to an aromatic ring is 1. The third kappa shape index (κ3) is 5.06. The first-order valence-electron chi connectivity index (χ1n) is 8.04. The number of ether oxygens (including phenoxy) is 1. The third-order valence-electron chi connectivity index (χ3n) is 3.34. The van der Waals surface area contributed by atoms with Crippen LogP contribution < -0.4 is 11.1 Å². The molecule has 146 valence electrons. The van der Waals surface area contributed by atoms with Gasteiger partial charge in [0, 0.05) is 4.88 Å². The molecule has 3 N–H and O–H groups in total. The van der Waals surface area contributed by atoms with E-state index in [4.69, 9.17) is 10.5 Å². The maximum atomic E-state index is 13.2. The molecule has 0 bridgehead atoms. The Bertz CT molecular complexity index is 988. The normalized spacial score (nSPS) is 10.6. The van der Waals surface area contributed by atoms with Crippen LogP contribution in [-0.2, 0) is 9.53 Å². The van der Waals surface area contributed by atoms with Gasteiger partial charge in [0.15, 0.2) is 4.34 Å². The molecule has 0 atom stereocenters. The molecule has 0 unspecified atom stereocenters.